The van der Waals surface area contributed by atoms with Gasteiger partial charge >= 0.3 is 0 Å². The zero-order valence-electron chi connectivity index (χ0n) is 7.61. The van der Waals surface area contributed by atoms with Crippen molar-refractivity contribution >= 4 is 0 Å². The molecule has 0 atom stereocenters. The van der Waals surface area contributed by atoms with E-state index < -0.39 is 0 Å². The van der Waals surface area contributed by atoms with Gasteiger partial charge in [-0.2, -0.15) is 0 Å². The van der Waals surface area contributed by atoms with Crippen LogP contribution in [0, 0.1) is 19.7 Å². The van der Waals surface area contributed by atoms with Crippen LogP contribution in [-0.4, -0.2) is 0 Å². The summed E-state index contributed by atoms with van der Waals surface area (Å²) in [6.07, 6.45) is 0. The minimum Gasteiger partial charge on any atom is -0.207 e. The van der Waals surface area contributed by atoms with Crippen molar-refractivity contribution < 1.29 is 4.39 Å². The molecule has 0 heterocycles. The van der Waals surface area contributed by atoms with Crippen molar-refractivity contribution in [2.45, 2.75) is 27.7 Å². The summed E-state index contributed by atoms with van der Waals surface area (Å²) >= 11 is 0. The van der Waals surface area contributed by atoms with Gasteiger partial charge in [0.15, 0.2) is 0 Å². The second-order valence-corrected chi connectivity index (χ2v) is 2.25. The van der Waals surface area contributed by atoms with Crippen LogP contribution >= 0.6 is 0 Å². The number of aryl methyl sites for hydroxylation is 2. The molecule has 0 aliphatic rings. The van der Waals surface area contributed by atoms with Gasteiger partial charge < -0.3 is 0 Å². The van der Waals surface area contributed by atoms with Gasteiger partial charge in [-0.3, -0.25) is 0 Å². The van der Waals surface area contributed by atoms with Crippen LogP contribution in [0.3, 0.4) is 0 Å². The standard InChI is InChI=1S/C8H9F.C2H6/c1-6-3-4-8(9)7(2)5-6;1-2/h3-5H,1-2H3;1-2H3. The van der Waals surface area contributed by atoms with Gasteiger partial charge in [-0.25, -0.2) is 4.39 Å². The van der Waals surface area contributed by atoms with E-state index in [9.17, 15) is 4.39 Å². The second kappa shape index (κ2) is 4.89. The summed E-state index contributed by atoms with van der Waals surface area (Å²) in [5.41, 5.74) is 1.82. The highest BCUT2D eigenvalue weighted by Crippen LogP contribution is 2.06. The van der Waals surface area contributed by atoms with E-state index in [1.807, 2.05) is 26.8 Å². The first-order valence-corrected chi connectivity index (χ1v) is 3.93. The lowest BCUT2D eigenvalue weighted by Crippen LogP contribution is -1.81. The van der Waals surface area contributed by atoms with Crippen LogP contribution in [-0.2, 0) is 0 Å². The lowest BCUT2D eigenvalue weighted by molar-refractivity contribution is 0.618. The topological polar surface area (TPSA) is 0 Å². The first-order valence-electron chi connectivity index (χ1n) is 3.93. The molecule has 1 aromatic carbocycles. The molecule has 0 bridgehead atoms. The van der Waals surface area contributed by atoms with E-state index in [0.29, 0.717) is 0 Å². The molecule has 0 spiro atoms. The van der Waals surface area contributed by atoms with Gasteiger partial charge in [0.1, 0.15) is 5.82 Å². The summed E-state index contributed by atoms with van der Waals surface area (Å²) < 4.78 is 12.5. The molecule has 1 aromatic rings. The highest BCUT2D eigenvalue weighted by molar-refractivity contribution is 5.22. The quantitative estimate of drug-likeness (QED) is 0.536. The number of hydrogen-bond acceptors (Lipinski definition) is 0. The monoisotopic (exact) mass is 154 g/mol. The van der Waals surface area contributed by atoms with E-state index in [-0.39, 0.29) is 5.82 Å². The van der Waals surface area contributed by atoms with Gasteiger partial charge in [0.25, 0.3) is 0 Å². The predicted octanol–water partition coefficient (Wildman–Crippen LogP) is 3.47. The maximum Gasteiger partial charge on any atom is 0.126 e. The van der Waals surface area contributed by atoms with E-state index in [1.165, 1.54) is 6.07 Å². The summed E-state index contributed by atoms with van der Waals surface area (Å²) in [5, 5.41) is 0. The molecule has 0 saturated heterocycles. The zero-order valence-corrected chi connectivity index (χ0v) is 7.61. The summed E-state index contributed by atoms with van der Waals surface area (Å²) in [5.74, 6) is -0.124. The van der Waals surface area contributed by atoms with Gasteiger partial charge in [-0.15, -0.1) is 0 Å². The van der Waals surface area contributed by atoms with Crippen molar-refractivity contribution in [2.24, 2.45) is 0 Å². The Balaban J connectivity index is 0.000000461. The Morgan fingerprint density at radius 1 is 1.09 bits per heavy atom. The smallest absolute Gasteiger partial charge is 0.126 e. The van der Waals surface area contributed by atoms with Crippen LogP contribution in [0.1, 0.15) is 25.0 Å². The van der Waals surface area contributed by atoms with E-state index in [1.54, 1.807) is 13.0 Å². The molecular weight excluding hydrogens is 139 g/mol. The Kier molecular flexibility index (Phi) is 4.51. The molecule has 0 radical (unpaired) electrons. The van der Waals surface area contributed by atoms with Crippen LogP contribution < -0.4 is 0 Å². The van der Waals surface area contributed by atoms with E-state index >= 15 is 0 Å². The van der Waals surface area contributed by atoms with Crippen LogP contribution in [0.5, 0.6) is 0 Å². The predicted molar refractivity (Wildman–Crippen MR) is 47.2 cm³/mol. The molecule has 1 heteroatoms. The molecule has 0 N–H and O–H groups in total. The molecule has 0 unspecified atom stereocenters. The lowest BCUT2D eigenvalue weighted by Gasteiger charge is -1.95. The maximum absolute atomic E-state index is 12.5. The minimum absolute atomic E-state index is 0.124. The van der Waals surface area contributed by atoms with Crippen molar-refractivity contribution in [3.63, 3.8) is 0 Å². The zero-order chi connectivity index (χ0) is 8.85. The molecule has 0 aliphatic carbocycles. The molecule has 0 aliphatic heterocycles. The van der Waals surface area contributed by atoms with Crippen molar-refractivity contribution in [3.8, 4) is 0 Å². The Morgan fingerprint density at radius 3 is 2.00 bits per heavy atom. The molecule has 11 heavy (non-hydrogen) atoms. The molecule has 62 valence electrons. The van der Waals surface area contributed by atoms with Crippen molar-refractivity contribution in [3.05, 3.63) is 35.1 Å². The first-order chi connectivity index (χ1) is 5.20. The fraction of sp³-hybridized carbons (Fsp3) is 0.400. The van der Waals surface area contributed by atoms with Crippen LogP contribution in [0.2, 0.25) is 0 Å². The average molecular weight is 154 g/mol. The maximum atomic E-state index is 12.5. The van der Waals surface area contributed by atoms with Gasteiger partial charge in [0.05, 0.1) is 0 Å². The third-order valence-corrected chi connectivity index (χ3v) is 1.31. The van der Waals surface area contributed by atoms with Crippen LogP contribution in [0.15, 0.2) is 18.2 Å². The van der Waals surface area contributed by atoms with E-state index in [2.05, 4.69) is 0 Å². The highest BCUT2D eigenvalue weighted by atomic mass is 19.1. The molecule has 0 amide bonds. The highest BCUT2D eigenvalue weighted by Gasteiger charge is 1.93. The van der Waals surface area contributed by atoms with Crippen molar-refractivity contribution in [1.82, 2.24) is 0 Å². The summed E-state index contributed by atoms with van der Waals surface area (Å²) in [6, 6.07) is 5.09. The molecule has 0 nitrogen and oxygen atoms in total. The van der Waals surface area contributed by atoms with Crippen LogP contribution in [0.4, 0.5) is 4.39 Å². The van der Waals surface area contributed by atoms with E-state index in [4.69, 9.17) is 0 Å². The first kappa shape index (κ1) is 10.2. The average Bonchev–Trinajstić information content (AvgIpc) is 2.02. The molecular formula is C10H15F. The second-order valence-electron chi connectivity index (χ2n) is 2.25. The Labute approximate surface area is 68.1 Å². The molecule has 1 rings (SSSR count). The molecule has 0 saturated carbocycles. The normalized spacial score (nSPS) is 8.45. The lowest BCUT2D eigenvalue weighted by atomic mass is 10.1. The van der Waals surface area contributed by atoms with Gasteiger partial charge in [-0.1, -0.05) is 31.5 Å². The fourth-order valence-corrected chi connectivity index (χ4v) is 0.795. The largest absolute Gasteiger partial charge is 0.207 e. The summed E-state index contributed by atoms with van der Waals surface area (Å²) in [4.78, 5) is 0. The number of benzene rings is 1. The van der Waals surface area contributed by atoms with Crippen LogP contribution in [0.25, 0.3) is 0 Å². The summed E-state index contributed by atoms with van der Waals surface area (Å²) in [6.45, 7) is 7.72. The van der Waals surface area contributed by atoms with Gasteiger partial charge in [0.2, 0.25) is 0 Å². The van der Waals surface area contributed by atoms with E-state index in [0.717, 1.165) is 11.1 Å². The molecule has 0 aromatic heterocycles. The number of halogens is 1. The number of rotatable bonds is 0. The fourth-order valence-electron chi connectivity index (χ4n) is 0.795. The van der Waals surface area contributed by atoms with Crippen molar-refractivity contribution in [2.75, 3.05) is 0 Å². The summed E-state index contributed by atoms with van der Waals surface area (Å²) in [7, 11) is 0. The Morgan fingerprint density at radius 2 is 1.64 bits per heavy atom. The third-order valence-electron chi connectivity index (χ3n) is 1.31. The molecule has 0 fully saturated rings. The van der Waals surface area contributed by atoms with Gasteiger partial charge in [-0.05, 0) is 25.5 Å². The minimum atomic E-state index is -0.124. The third kappa shape index (κ3) is 3.17. The SMILES string of the molecule is CC.Cc1ccc(F)c(C)c1. The van der Waals surface area contributed by atoms with Crippen molar-refractivity contribution in [1.29, 1.82) is 0 Å². The Bertz CT molecular complexity index is 216. The Hall–Kier alpha value is -0.850. The van der Waals surface area contributed by atoms with Gasteiger partial charge in [0, 0.05) is 0 Å². The number of hydrogen-bond donors (Lipinski definition) is 0.